The van der Waals surface area contributed by atoms with Crippen molar-refractivity contribution in [2.75, 3.05) is 18.5 Å². The number of amides is 1. The highest BCUT2D eigenvalue weighted by atomic mass is 35.5. The van der Waals surface area contributed by atoms with Gasteiger partial charge in [-0.3, -0.25) is 4.79 Å². The Labute approximate surface area is 152 Å². The van der Waals surface area contributed by atoms with Gasteiger partial charge < -0.3 is 15.4 Å². The van der Waals surface area contributed by atoms with Gasteiger partial charge in [0.05, 0.1) is 12.2 Å². The smallest absolute Gasteiger partial charge is 0.255 e. The largest absolute Gasteiger partial charge is 0.371 e. The van der Waals surface area contributed by atoms with Gasteiger partial charge in [-0.1, -0.05) is 36.7 Å². The predicted molar refractivity (Wildman–Crippen MR) is 99.2 cm³/mol. The van der Waals surface area contributed by atoms with Crippen molar-refractivity contribution in [2.24, 2.45) is 5.92 Å². The first-order chi connectivity index (χ1) is 12.1. The van der Waals surface area contributed by atoms with E-state index in [0.717, 1.165) is 25.3 Å². The van der Waals surface area contributed by atoms with E-state index in [1.807, 2.05) is 12.1 Å². The summed E-state index contributed by atoms with van der Waals surface area (Å²) < 4.78 is 6.07. The summed E-state index contributed by atoms with van der Waals surface area (Å²) in [6, 6.07) is 15.4. The van der Waals surface area contributed by atoms with E-state index < -0.39 is 0 Å². The van der Waals surface area contributed by atoms with E-state index >= 15 is 0 Å². The standard InChI is InChI=1S/C20H21ClN2O2/c1-13-18-11-25-20(13,12-22-18)10-14-5-7-17(8-6-14)23-19(24)15-3-2-4-16(21)9-15/h2-9,13,18,22H,10-12H2,1H3,(H,23,24)/t13-,18-,20-/m1/s1. The Morgan fingerprint density at radius 3 is 2.72 bits per heavy atom. The predicted octanol–water partition coefficient (Wildman–Crippen LogP) is 3.51. The van der Waals surface area contributed by atoms with Gasteiger partial charge in [-0.2, -0.15) is 0 Å². The average molecular weight is 357 g/mol. The van der Waals surface area contributed by atoms with Crippen molar-refractivity contribution in [3.63, 3.8) is 0 Å². The quantitative estimate of drug-likeness (QED) is 0.881. The molecule has 0 aromatic heterocycles. The van der Waals surface area contributed by atoms with Crippen molar-refractivity contribution in [1.82, 2.24) is 5.32 Å². The summed E-state index contributed by atoms with van der Waals surface area (Å²) in [5.41, 5.74) is 2.45. The number of nitrogens with one attached hydrogen (secondary N) is 2. The minimum Gasteiger partial charge on any atom is -0.371 e. The minimum atomic E-state index is -0.163. The van der Waals surface area contributed by atoms with Crippen molar-refractivity contribution in [2.45, 2.75) is 25.0 Å². The number of anilines is 1. The van der Waals surface area contributed by atoms with Crippen LogP contribution in [0.3, 0.4) is 0 Å². The van der Waals surface area contributed by atoms with E-state index in [1.54, 1.807) is 24.3 Å². The number of morpholine rings is 1. The van der Waals surface area contributed by atoms with E-state index in [-0.39, 0.29) is 11.5 Å². The molecule has 4 nitrogen and oxygen atoms in total. The van der Waals surface area contributed by atoms with Gasteiger partial charge in [-0.25, -0.2) is 0 Å². The lowest BCUT2D eigenvalue weighted by Crippen LogP contribution is -2.41. The van der Waals surface area contributed by atoms with Crippen LogP contribution in [0.15, 0.2) is 48.5 Å². The molecule has 0 spiro atoms. The summed E-state index contributed by atoms with van der Waals surface area (Å²) in [6.07, 6.45) is 0.889. The molecule has 1 amide bonds. The van der Waals surface area contributed by atoms with E-state index in [2.05, 4.69) is 29.7 Å². The SMILES string of the molecule is C[C@@H]1[C@H]2CO[C@]1(Cc1ccc(NC(=O)c3cccc(Cl)c3)cc1)CN2. The molecule has 4 rings (SSSR count). The topological polar surface area (TPSA) is 50.4 Å². The van der Waals surface area contributed by atoms with Gasteiger partial charge in [-0.05, 0) is 35.9 Å². The second-order valence-electron chi connectivity index (χ2n) is 6.99. The Morgan fingerprint density at radius 1 is 1.32 bits per heavy atom. The first-order valence-corrected chi connectivity index (χ1v) is 8.97. The van der Waals surface area contributed by atoms with Crippen LogP contribution in [0.4, 0.5) is 5.69 Å². The molecule has 2 N–H and O–H groups in total. The number of hydrogen-bond acceptors (Lipinski definition) is 3. The number of carbonyl (C=O) groups is 1. The molecule has 2 heterocycles. The number of fused-ring (bicyclic) bond motifs is 2. The molecule has 0 aliphatic carbocycles. The number of ether oxygens (including phenoxy) is 1. The molecule has 2 bridgehead atoms. The Kier molecular flexibility index (Phi) is 4.28. The molecule has 0 unspecified atom stereocenters. The third kappa shape index (κ3) is 3.17. The van der Waals surface area contributed by atoms with Crippen LogP contribution in [0.5, 0.6) is 0 Å². The van der Waals surface area contributed by atoms with Crippen LogP contribution in [0, 0.1) is 5.92 Å². The van der Waals surface area contributed by atoms with Crippen molar-refractivity contribution >= 4 is 23.2 Å². The summed E-state index contributed by atoms with van der Waals surface area (Å²) in [7, 11) is 0. The summed E-state index contributed by atoms with van der Waals surface area (Å²) in [6.45, 7) is 3.97. The Bertz CT molecular complexity index is 783. The molecule has 2 fully saturated rings. The van der Waals surface area contributed by atoms with Gasteiger partial charge >= 0.3 is 0 Å². The van der Waals surface area contributed by atoms with E-state index in [9.17, 15) is 4.79 Å². The van der Waals surface area contributed by atoms with Crippen molar-refractivity contribution in [3.05, 3.63) is 64.7 Å². The number of halogens is 1. The highest BCUT2D eigenvalue weighted by Crippen LogP contribution is 2.39. The third-order valence-electron chi connectivity index (χ3n) is 5.45. The second kappa shape index (κ2) is 6.45. The van der Waals surface area contributed by atoms with Gasteiger partial charge in [0.25, 0.3) is 5.91 Å². The molecule has 2 aromatic carbocycles. The van der Waals surface area contributed by atoms with Crippen LogP contribution in [-0.2, 0) is 11.2 Å². The molecule has 0 saturated carbocycles. The monoisotopic (exact) mass is 356 g/mol. The molecule has 130 valence electrons. The molecule has 0 radical (unpaired) electrons. The molecule has 25 heavy (non-hydrogen) atoms. The highest BCUT2D eigenvalue weighted by Gasteiger charge is 2.52. The zero-order valence-corrected chi connectivity index (χ0v) is 14.8. The molecular weight excluding hydrogens is 336 g/mol. The van der Waals surface area contributed by atoms with Crippen LogP contribution in [0.25, 0.3) is 0 Å². The van der Waals surface area contributed by atoms with E-state index in [4.69, 9.17) is 16.3 Å². The molecule has 2 saturated heterocycles. The van der Waals surface area contributed by atoms with Crippen molar-refractivity contribution < 1.29 is 9.53 Å². The first kappa shape index (κ1) is 16.6. The van der Waals surface area contributed by atoms with Crippen LogP contribution >= 0.6 is 11.6 Å². The minimum absolute atomic E-state index is 0.0871. The number of hydrogen-bond donors (Lipinski definition) is 2. The Balaban J connectivity index is 1.43. The zero-order valence-electron chi connectivity index (χ0n) is 14.1. The van der Waals surface area contributed by atoms with Gasteiger partial charge in [-0.15, -0.1) is 0 Å². The van der Waals surface area contributed by atoms with E-state index in [0.29, 0.717) is 22.5 Å². The van der Waals surface area contributed by atoms with Crippen molar-refractivity contribution in [3.8, 4) is 0 Å². The number of carbonyl (C=O) groups excluding carboxylic acids is 1. The van der Waals surface area contributed by atoms with Crippen LogP contribution in [0.2, 0.25) is 5.02 Å². The normalized spacial score (nSPS) is 27.4. The van der Waals surface area contributed by atoms with Gasteiger partial charge in [0.15, 0.2) is 0 Å². The summed E-state index contributed by atoms with van der Waals surface area (Å²) in [5.74, 6) is 0.360. The second-order valence-corrected chi connectivity index (χ2v) is 7.43. The van der Waals surface area contributed by atoms with Gasteiger partial charge in [0, 0.05) is 41.2 Å². The molecule has 2 aromatic rings. The Morgan fingerprint density at radius 2 is 2.12 bits per heavy atom. The molecule has 2 aliphatic heterocycles. The maximum Gasteiger partial charge on any atom is 0.255 e. The fraction of sp³-hybridized carbons (Fsp3) is 0.350. The summed E-state index contributed by atoms with van der Waals surface area (Å²) >= 11 is 5.94. The third-order valence-corrected chi connectivity index (χ3v) is 5.68. The maximum atomic E-state index is 12.3. The fourth-order valence-electron chi connectivity index (χ4n) is 3.81. The lowest BCUT2D eigenvalue weighted by molar-refractivity contribution is -0.0189. The summed E-state index contributed by atoms with van der Waals surface area (Å²) in [5, 5.41) is 6.99. The molecule has 3 atom stereocenters. The molecule has 2 aliphatic rings. The maximum absolute atomic E-state index is 12.3. The lowest BCUT2D eigenvalue weighted by Gasteiger charge is -2.29. The Hall–Kier alpha value is -1.88. The molecule has 5 heteroatoms. The van der Waals surface area contributed by atoms with Crippen LogP contribution < -0.4 is 10.6 Å². The zero-order chi connectivity index (χ0) is 17.4. The highest BCUT2D eigenvalue weighted by molar-refractivity contribution is 6.31. The fourth-order valence-corrected chi connectivity index (χ4v) is 4.00. The first-order valence-electron chi connectivity index (χ1n) is 8.59. The van der Waals surface area contributed by atoms with Crippen molar-refractivity contribution in [1.29, 1.82) is 0 Å². The van der Waals surface area contributed by atoms with Gasteiger partial charge in [0.2, 0.25) is 0 Å². The van der Waals surface area contributed by atoms with Gasteiger partial charge in [0.1, 0.15) is 0 Å². The summed E-state index contributed by atoms with van der Waals surface area (Å²) in [4.78, 5) is 12.3. The number of benzene rings is 2. The average Bonchev–Trinajstić information content (AvgIpc) is 3.08. The van der Waals surface area contributed by atoms with Crippen LogP contribution in [0.1, 0.15) is 22.8 Å². The molecular formula is C20H21ClN2O2. The lowest BCUT2D eigenvalue weighted by atomic mass is 9.85. The number of rotatable bonds is 4. The van der Waals surface area contributed by atoms with Crippen LogP contribution in [-0.4, -0.2) is 30.7 Å². The van der Waals surface area contributed by atoms with E-state index in [1.165, 1.54) is 5.56 Å².